The average Bonchev–Trinajstić information content (AvgIpc) is 1.99. The summed E-state index contributed by atoms with van der Waals surface area (Å²) in [5, 5.41) is 9.18. The van der Waals surface area contributed by atoms with Crippen molar-refractivity contribution in [3.05, 3.63) is 28.0 Å². The molecule has 0 fully saturated rings. The second-order valence-corrected chi connectivity index (χ2v) is 2.47. The monoisotopic (exact) mass is 153 g/mol. The van der Waals surface area contributed by atoms with Crippen LogP contribution in [0.4, 0.5) is 0 Å². The van der Waals surface area contributed by atoms with Crippen LogP contribution in [0.25, 0.3) is 0 Å². The Labute approximate surface area is 64.9 Å². The summed E-state index contributed by atoms with van der Waals surface area (Å²) in [6.07, 6.45) is 0.768. The molecule has 0 aromatic carbocycles. The Morgan fingerprint density at radius 1 is 1.55 bits per heavy atom. The van der Waals surface area contributed by atoms with Crippen molar-refractivity contribution in [3.8, 4) is 5.88 Å². The van der Waals surface area contributed by atoms with Crippen LogP contribution in [0.2, 0.25) is 0 Å². The molecule has 0 atom stereocenters. The zero-order chi connectivity index (χ0) is 8.43. The number of pyridine rings is 1. The van der Waals surface area contributed by atoms with Gasteiger partial charge in [0.1, 0.15) is 0 Å². The standard InChI is InChI=1S/C8H11NO2/c1-3-6-4-7(10)9(2)8(11)5-6/h4-5,10H,3H2,1-2H3. The average molecular weight is 153 g/mol. The summed E-state index contributed by atoms with van der Waals surface area (Å²) in [6.45, 7) is 1.94. The van der Waals surface area contributed by atoms with Gasteiger partial charge < -0.3 is 5.11 Å². The Hall–Kier alpha value is -1.25. The van der Waals surface area contributed by atoms with Crippen molar-refractivity contribution in [3.63, 3.8) is 0 Å². The van der Waals surface area contributed by atoms with Crippen LogP contribution in [0.15, 0.2) is 16.9 Å². The highest BCUT2D eigenvalue weighted by Crippen LogP contribution is 2.06. The molecule has 3 nitrogen and oxygen atoms in total. The topological polar surface area (TPSA) is 42.2 Å². The third kappa shape index (κ3) is 1.42. The molecule has 1 aromatic heterocycles. The first kappa shape index (κ1) is 7.85. The van der Waals surface area contributed by atoms with Gasteiger partial charge in [-0.15, -0.1) is 0 Å². The predicted octanol–water partition coefficient (Wildman–Crippen LogP) is 0.653. The van der Waals surface area contributed by atoms with Crippen molar-refractivity contribution in [2.45, 2.75) is 13.3 Å². The van der Waals surface area contributed by atoms with Crippen LogP contribution in [-0.4, -0.2) is 9.67 Å². The Morgan fingerprint density at radius 2 is 2.18 bits per heavy atom. The third-order valence-electron chi connectivity index (χ3n) is 1.71. The lowest BCUT2D eigenvalue weighted by molar-refractivity contribution is 0.422. The number of nitrogens with zero attached hydrogens (tertiary/aromatic N) is 1. The number of hydrogen-bond donors (Lipinski definition) is 1. The van der Waals surface area contributed by atoms with Gasteiger partial charge in [-0.05, 0) is 12.0 Å². The lowest BCUT2D eigenvalue weighted by atomic mass is 10.2. The second-order valence-electron chi connectivity index (χ2n) is 2.47. The number of hydrogen-bond acceptors (Lipinski definition) is 2. The number of aromatic nitrogens is 1. The van der Waals surface area contributed by atoms with Crippen molar-refractivity contribution in [2.24, 2.45) is 7.05 Å². The molecular weight excluding hydrogens is 142 g/mol. The van der Waals surface area contributed by atoms with Crippen molar-refractivity contribution in [1.82, 2.24) is 4.57 Å². The van der Waals surface area contributed by atoms with Gasteiger partial charge in [-0.25, -0.2) is 0 Å². The highest BCUT2D eigenvalue weighted by Gasteiger charge is 1.98. The molecule has 0 saturated heterocycles. The molecule has 0 saturated carbocycles. The van der Waals surface area contributed by atoms with Crippen molar-refractivity contribution >= 4 is 0 Å². The molecular formula is C8H11NO2. The van der Waals surface area contributed by atoms with Gasteiger partial charge in [0.05, 0.1) is 0 Å². The van der Waals surface area contributed by atoms with Crippen LogP contribution < -0.4 is 5.56 Å². The number of aryl methyl sites for hydroxylation is 1. The van der Waals surface area contributed by atoms with E-state index in [1.165, 1.54) is 17.7 Å². The summed E-state index contributed by atoms with van der Waals surface area (Å²) >= 11 is 0. The molecule has 0 spiro atoms. The second kappa shape index (κ2) is 2.78. The molecule has 0 aliphatic rings. The van der Waals surface area contributed by atoms with Gasteiger partial charge >= 0.3 is 0 Å². The van der Waals surface area contributed by atoms with Gasteiger partial charge in [0.15, 0.2) is 5.88 Å². The Bertz CT molecular complexity index is 314. The van der Waals surface area contributed by atoms with E-state index in [9.17, 15) is 9.90 Å². The molecule has 1 heterocycles. The van der Waals surface area contributed by atoms with Gasteiger partial charge in [0.2, 0.25) is 0 Å². The maximum absolute atomic E-state index is 11.0. The van der Waals surface area contributed by atoms with Crippen LogP contribution in [0, 0.1) is 0 Å². The lowest BCUT2D eigenvalue weighted by Crippen LogP contribution is -2.15. The quantitative estimate of drug-likeness (QED) is 0.643. The molecule has 1 aromatic rings. The third-order valence-corrected chi connectivity index (χ3v) is 1.71. The van der Waals surface area contributed by atoms with Crippen LogP contribution in [-0.2, 0) is 13.5 Å². The fourth-order valence-corrected chi connectivity index (χ4v) is 0.877. The largest absolute Gasteiger partial charge is 0.494 e. The van der Waals surface area contributed by atoms with E-state index in [-0.39, 0.29) is 11.4 Å². The number of rotatable bonds is 1. The van der Waals surface area contributed by atoms with E-state index in [1.807, 2.05) is 6.92 Å². The zero-order valence-corrected chi connectivity index (χ0v) is 6.66. The summed E-state index contributed by atoms with van der Waals surface area (Å²) < 4.78 is 1.21. The smallest absolute Gasteiger partial charge is 0.253 e. The molecule has 1 rings (SSSR count). The molecule has 0 bridgehead atoms. The molecule has 1 N–H and O–H groups in total. The highest BCUT2D eigenvalue weighted by atomic mass is 16.3. The maximum atomic E-state index is 11.0. The summed E-state index contributed by atoms with van der Waals surface area (Å²) in [6, 6.07) is 3.13. The highest BCUT2D eigenvalue weighted by molar-refractivity contribution is 5.20. The fourth-order valence-electron chi connectivity index (χ4n) is 0.877. The summed E-state index contributed by atoms with van der Waals surface area (Å²) in [5.74, 6) is 0.0225. The van der Waals surface area contributed by atoms with E-state index in [2.05, 4.69) is 0 Å². The molecule has 0 unspecified atom stereocenters. The predicted molar refractivity (Wildman–Crippen MR) is 42.7 cm³/mol. The minimum atomic E-state index is -0.165. The minimum Gasteiger partial charge on any atom is -0.494 e. The summed E-state index contributed by atoms with van der Waals surface area (Å²) in [5.41, 5.74) is 0.701. The van der Waals surface area contributed by atoms with E-state index in [0.717, 1.165) is 12.0 Å². The summed E-state index contributed by atoms with van der Waals surface area (Å²) in [7, 11) is 1.54. The first-order valence-electron chi connectivity index (χ1n) is 3.54. The Balaban J connectivity index is 3.32. The minimum absolute atomic E-state index is 0.0225. The van der Waals surface area contributed by atoms with Crippen molar-refractivity contribution in [2.75, 3.05) is 0 Å². The fraction of sp³-hybridized carbons (Fsp3) is 0.375. The van der Waals surface area contributed by atoms with E-state index in [1.54, 1.807) is 6.07 Å². The molecule has 0 radical (unpaired) electrons. The van der Waals surface area contributed by atoms with Crippen molar-refractivity contribution in [1.29, 1.82) is 0 Å². The van der Waals surface area contributed by atoms with Crippen molar-refractivity contribution < 1.29 is 5.11 Å². The molecule has 60 valence electrons. The maximum Gasteiger partial charge on any atom is 0.253 e. The lowest BCUT2D eigenvalue weighted by Gasteiger charge is -2.02. The molecule has 0 aliphatic heterocycles. The molecule has 11 heavy (non-hydrogen) atoms. The zero-order valence-electron chi connectivity index (χ0n) is 6.66. The van der Waals surface area contributed by atoms with E-state index < -0.39 is 0 Å². The van der Waals surface area contributed by atoms with Gasteiger partial charge in [0, 0.05) is 19.2 Å². The van der Waals surface area contributed by atoms with Gasteiger partial charge in [-0.3, -0.25) is 9.36 Å². The van der Waals surface area contributed by atoms with E-state index >= 15 is 0 Å². The van der Waals surface area contributed by atoms with Crippen LogP contribution in [0.1, 0.15) is 12.5 Å². The van der Waals surface area contributed by atoms with Gasteiger partial charge in [0.25, 0.3) is 5.56 Å². The van der Waals surface area contributed by atoms with Crippen LogP contribution in [0.3, 0.4) is 0 Å². The SMILES string of the molecule is CCc1cc(O)n(C)c(=O)c1. The Morgan fingerprint density at radius 3 is 2.64 bits per heavy atom. The van der Waals surface area contributed by atoms with Gasteiger partial charge in [-0.1, -0.05) is 6.92 Å². The summed E-state index contributed by atoms with van der Waals surface area (Å²) in [4.78, 5) is 11.0. The number of aromatic hydroxyl groups is 1. The van der Waals surface area contributed by atoms with E-state index in [0.29, 0.717) is 0 Å². The van der Waals surface area contributed by atoms with Crippen LogP contribution >= 0.6 is 0 Å². The first-order chi connectivity index (χ1) is 5.15. The van der Waals surface area contributed by atoms with Gasteiger partial charge in [-0.2, -0.15) is 0 Å². The molecule has 0 aliphatic carbocycles. The normalized spacial score (nSPS) is 10.0. The Kier molecular flexibility index (Phi) is 1.98. The first-order valence-corrected chi connectivity index (χ1v) is 3.54. The molecule has 3 heteroatoms. The molecule has 0 amide bonds. The van der Waals surface area contributed by atoms with Crippen LogP contribution in [0.5, 0.6) is 5.88 Å². The van der Waals surface area contributed by atoms with E-state index in [4.69, 9.17) is 0 Å².